The van der Waals surface area contributed by atoms with Gasteiger partial charge in [0.1, 0.15) is 5.60 Å². The van der Waals surface area contributed by atoms with E-state index in [9.17, 15) is 9.90 Å². The van der Waals surface area contributed by atoms with Crippen molar-refractivity contribution in [2.45, 2.75) is 24.9 Å². The Morgan fingerprint density at radius 1 is 1.71 bits per heavy atom. The lowest BCUT2D eigenvalue weighted by Crippen LogP contribution is -2.25. The highest BCUT2D eigenvalue weighted by molar-refractivity contribution is 7.16. The van der Waals surface area contributed by atoms with Crippen molar-refractivity contribution in [2.75, 3.05) is 0 Å². The fourth-order valence-electron chi connectivity index (χ4n) is 1.86. The second-order valence-electron chi connectivity index (χ2n) is 3.49. The smallest absolute Gasteiger partial charge is 0.306 e. The zero-order valence-corrected chi connectivity index (χ0v) is 8.86. The van der Waals surface area contributed by atoms with E-state index in [1.807, 2.05) is 0 Å². The lowest BCUT2D eigenvalue weighted by molar-refractivity contribution is -0.142. The summed E-state index contributed by atoms with van der Waals surface area (Å²) < 4.78 is 0.610. The molecular formula is C9H9ClO3S. The zero-order valence-electron chi connectivity index (χ0n) is 7.29. The molecule has 1 heterocycles. The molecule has 1 unspecified atom stereocenters. The highest BCUT2D eigenvalue weighted by Crippen LogP contribution is 2.44. The van der Waals surface area contributed by atoms with E-state index in [4.69, 9.17) is 16.7 Å². The summed E-state index contributed by atoms with van der Waals surface area (Å²) >= 11 is 7.22. The second-order valence-corrected chi connectivity index (χ2v) is 5.26. The topological polar surface area (TPSA) is 57.5 Å². The maximum Gasteiger partial charge on any atom is 0.306 e. The summed E-state index contributed by atoms with van der Waals surface area (Å²) in [7, 11) is 0. The van der Waals surface area contributed by atoms with Crippen molar-refractivity contribution in [1.29, 1.82) is 0 Å². The van der Waals surface area contributed by atoms with Crippen LogP contribution in [-0.4, -0.2) is 16.2 Å². The SMILES string of the molecule is O=C(O)CC1(O)CCc2sc(Cl)cc21. The molecule has 2 rings (SSSR count). The van der Waals surface area contributed by atoms with Crippen LogP contribution in [0.2, 0.25) is 4.34 Å². The number of halogens is 1. The molecule has 3 nitrogen and oxygen atoms in total. The first-order chi connectivity index (χ1) is 6.51. The van der Waals surface area contributed by atoms with Crippen molar-refractivity contribution in [3.63, 3.8) is 0 Å². The van der Waals surface area contributed by atoms with E-state index in [1.54, 1.807) is 6.07 Å². The third-order valence-corrected chi connectivity index (χ3v) is 3.81. The van der Waals surface area contributed by atoms with Crippen molar-refractivity contribution in [3.8, 4) is 0 Å². The standard InChI is InChI=1S/C9H9ClO3S/c10-7-3-5-6(14-7)1-2-9(5,13)4-8(11)12/h3,13H,1-2,4H2,(H,11,12). The maximum atomic E-state index is 10.6. The van der Waals surface area contributed by atoms with Crippen LogP contribution >= 0.6 is 22.9 Å². The number of carbonyl (C=O) groups is 1. The number of hydrogen-bond acceptors (Lipinski definition) is 3. The number of fused-ring (bicyclic) bond motifs is 1. The largest absolute Gasteiger partial charge is 0.481 e. The molecule has 0 amide bonds. The molecule has 76 valence electrons. The predicted octanol–water partition coefficient (Wildman–Crippen LogP) is 2.01. The van der Waals surface area contributed by atoms with Crippen LogP contribution in [0.1, 0.15) is 23.3 Å². The van der Waals surface area contributed by atoms with Crippen LogP contribution in [0, 0.1) is 0 Å². The van der Waals surface area contributed by atoms with Gasteiger partial charge in [-0.15, -0.1) is 11.3 Å². The molecule has 1 aromatic rings. The third-order valence-electron chi connectivity index (χ3n) is 2.49. The van der Waals surface area contributed by atoms with Crippen molar-refractivity contribution >= 4 is 28.9 Å². The molecule has 5 heteroatoms. The normalized spacial score (nSPS) is 25.0. The van der Waals surface area contributed by atoms with Gasteiger partial charge in [-0.2, -0.15) is 0 Å². The van der Waals surface area contributed by atoms with Crippen LogP contribution in [0.15, 0.2) is 6.07 Å². The van der Waals surface area contributed by atoms with E-state index in [0.717, 1.165) is 11.3 Å². The Hall–Kier alpha value is -0.580. The van der Waals surface area contributed by atoms with Gasteiger partial charge in [0.2, 0.25) is 0 Å². The Bertz CT molecular complexity index is 387. The van der Waals surface area contributed by atoms with Crippen LogP contribution in [0.25, 0.3) is 0 Å². The van der Waals surface area contributed by atoms with Crippen molar-refractivity contribution in [3.05, 3.63) is 20.8 Å². The predicted molar refractivity (Wildman–Crippen MR) is 53.8 cm³/mol. The number of aliphatic hydroxyl groups is 1. The van der Waals surface area contributed by atoms with Crippen molar-refractivity contribution < 1.29 is 15.0 Å². The molecule has 1 atom stereocenters. The number of rotatable bonds is 2. The first kappa shape index (κ1) is 9.96. The van der Waals surface area contributed by atoms with Crippen LogP contribution in [0.4, 0.5) is 0 Å². The first-order valence-corrected chi connectivity index (χ1v) is 5.43. The number of aliphatic carboxylic acids is 1. The minimum atomic E-state index is -1.20. The molecule has 0 fully saturated rings. The summed E-state index contributed by atoms with van der Waals surface area (Å²) in [6.07, 6.45) is 0.960. The van der Waals surface area contributed by atoms with Gasteiger partial charge in [-0.1, -0.05) is 11.6 Å². The van der Waals surface area contributed by atoms with Crippen LogP contribution in [0.5, 0.6) is 0 Å². The van der Waals surface area contributed by atoms with E-state index >= 15 is 0 Å². The van der Waals surface area contributed by atoms with Crippen LogP contribution < -0.4 is 0 Å². The van der Waals surface area contributed by atoms with Crippen LogP contribution in [-0.2, 0) is 16.8 Å². The number of aryl methyl sites for hydroxylation is 1. The van der Waals surface area contributed by atoms with Gasteiger partial charge in [-0.3, -0.25) is 4.79 Å². The summed E-state index contributed by atoms with van der Waals surface area (Å²) in [5.74, 6) is -0.984. The molecule has 14 heavy (non-hydrogen) atoms. The average Bonchev–Trinajstić information content (AvgIpc) is 2.52. The molecule has 1 aliphatic rings. The van der Waals surface area contributed by atoms with Gasteiger partial charge in [0.25, 0.3) is 0 Å². The Balaban J connectivity index is 2.35. The molecule has 1 aromatic heterocycles. The lowest BCUT2D eigenvalue weighted by atomic mass is 9.94. The van der Waals surface area contributed by atoms with E-state index in [-0.39, 0.29) is 6.42 Å². The first-order valence-electron chi connectivity index (χ1n) is 4.24. The minimum Gasteiger partial charge on any atom is -0.481 e. The lowest BCUT2D eigenvalue weighted by Gasteiger charge is -2.20. The van der Waals surface area contributed by atoms with Gasteiger partial charge in [-0.05, 0) is 24.5 Å². The number of thiophene rings is 1. The summed E-state index contributed by atoms with van der Waals surface area (Å²) in [4.78, 5) is 11.6. The highest BCUT2D eigenvalue weighted by atomic mass is 35.5. The third kappa shape index (κ3) is 1.54. The number of carboxylic acid groups (broad SMARTS) is 1. The summed E-state index contributed by atoms with van der Waals surface area (Å²) in [5.41, 5.74) is -0.500. The van der Waals surface area contributed by atoms with Gasteiger partial charge >= 0.3 is 5.97 Å². The Morgan fingerprint density at radius 2 is 2.43 bits per heavy atom. The second kappa shape index (κ2) is 3.22. The molecule has 1 aliphatic carbocycles. The Morgan fingerprint density at radius 3 is 3.07 bits per heavy atom. The summed E-state index contributed by atoms with van der Waals surface area (Å²) in [6, 6.07) is 1.68. The van der Waals surface area contributed by atoms with Gasteiger partial charge in [0.05, 0.1) is 10.8 Å². The van der Waals surface area contributed by atoms with Gasteiger partial charge in [0, 0.05) is 4.88 Å². The van der Waals surface area contributed by atoms with Gasteiger partial charge in [-0.25, -0.2) is 0 Å². The number of hydrogen-bond donors (Lipinski definition) is 2. The fourth-order valence-corrected chi connectivity index (χ4v) is 3.23. The molecule has 0 aromatic carbocycles. The summed E-state index contributed by atoms with van der Waals surface area (Å²) in [6.45, 7) is 0. The molecule has 0 aliphatic heterocycles. The molecule has 0 radical (unpaired) electrons. The maximum absolute atomic E-state index is 10.6. The molecular weight excluding hydrogens is 224 g/mol. The highest BCUT2D eigenvalue weighted by Gasteiger charge is 2.40. The zero-order chi connectivity index (χ0) is 10.3. The average molecular weight is 233 g/mol. The fraction of sp³-hybridized carbons (Fsp3) is 0.444. The van der Waals surface area contributed by atoms with Gasteiger partial charge < -0.3 is 10.2 Å². The summed E-state index contributed by atoms with van der Waals surface area (Å²) in [5, 5.41) is 18.8. The van der Waals surface area contributed by atoms with E-state index in [0.29, 0.717) is 16.3 Å². The van der Waals surface area contributed by atoms with E-state index in [2.05, 4.69) is 0 Å². The van der Waals surface area contributed by atoms with E-state index in [1.165, 1.54) is 11.3 Å². The minimum absolute atomic E-state index is 0.243. The Labute approximate surface area is 89.9 Å². The van der Waals surface area contributed by atoms with Crippen LogP contribution in [0.3, 0.4) is 0 Å². The molecule has 0 spiro atoms. The molecule has 2 N–H and O–H groups in total. The number of carboxylic acids is 1. The van der Waals surface area contributed by atoms with Crippen molar-refractivity contribution in [2.24, 2.45) is 0 Å². The van der Waals surface area contributed by atoms with Crippen molar-refractivity contribution in [1.82, 2.24) is 0 Å². The molecule has 0 saturated heterocycles. The van der Waals surface area contributed by atoms with E-state index < -0.39 is 11.6 Å². The monoisotopic (exact) mass is 232 g/mol. The molecule has 0 saturated carbocycles. The quantitative estimate of drug-likeness (QED) is 0.820. The van der Waals surface area contributed by atoms with Gasteiger partial charge in [0.15, 0.2) is 0 Å². The molecule has 0 bridgehead atoms. The Kier molecular flexibility index (Phi) is 2.29.